The number of methoxy groups -OCH3 is 1. The van der Waals surface area contributed by atoms with E-state index >= 15 is 0 Å². The molecule has 21 heavy (non-hydrogen) atoms. The van der Waals surface area contributed by atoms with Crippen molar-refractivity contribution < 1.29 is 4.74 Å². The van der Waals surface area contributed by atoms with E-state index in [1.54, 1.807) is 7.11 Å². The van der Waals surface area contributed by atoms with Crippen LogP contribution in [0.5, 0.6) is 0 Å². The summed E-state index contributed by atoms with van der Waals surface area (Å²) in [5.41, 5.74) is 0.950. The molecule has 116 valence electrons. The molecule has 1 heterocycles. The van der Waals surface area contributed by atoms with Gasteiger partial charge in [0.05, 0.1) is 19.2 Å². The SMILES string of the molecule is CCCNc1cc(C)nc(CN(CCC#N)CCOC)n1. The van der Waals surface area contributed by atoms with Crippen LogP contribution in [0.15, 0.2) is 6.07 Å². The van der Waals surface area contributed by atoms with Crippen molar-refractivity contribution in [3.05, 3.63) is 17.6 Å². The lowest BCUT2D eigenvalue weighted by Crippen LogP contribution is -2.29. The smallest absolute Gasteiger partial charge is 0.144 e. The molecule has 0 aliphatic carbocycles. The van der Waals surface area contributed by atoms with Crippen LogP contribution in [0.1, 0.15) is 31.3 Å². The van der Waals surface area contributed by atoms with E-state index in [-0.39, 0.29) is 0 Å². The monoisotopic (exact) mass is 291 g/mol. The molecule has 6 heteroatoms. The minimum absolute atomic E-state index is 0.496. The molecule has 0 aliphatic heterocycles. The van der Waals surface area contributed by atoms with Gasteiger partial charge in [-0.2, -0.15) is 5.26 Å². The molecular formula is C15H25N5O. The van der Waals surface area contributed by atoms with Gasteiger partial charge in [-0.05, 0) is 13.3 Å². The summed E-state index contributed by atoms with van der Waals surface area (Å²) in [7, 11) is 1.68. The molecule has 1 N–H and O–H groups in total. The summed E-state index contributed by atoms with van der Waals surface area (Å²) >= 11 is 0. The maximum absolute atomic E-state index is 8.74. The third-order valence-electron chi connectivity index (χ3n) is 2.97. The third kappa shape index (κ3) is 7.02. The zero-order valence-corrected chi connectivity index (χ0v) is 13.2. The Hall–Kier alpha value is -1.71. The Morgan fingerprint density at radius 2 is 2.19 bits per heavy atom. The molecule has 0 saturated carbocycles. The molecule has 0 fully saturated rings. The van der Waals surface area contributed by atoms with Gasteiger partial charge in [-0.25, -0.2) is 9.97 Å². The van der Waals surface area contributed by atoms with E-state index in [9.17, 15) is 0 Å². The summed E-state index contributed by atoms with van der Waals surface area (Å²) in [5.74, 6) is 1.65. The molecule has 0 radical (unpaired) electrons. The van der Waals surface area contributed by atoms with Gasteiger partial charge in [-0.1, -0.05) is 6.92 Å². The molecular weight excluding hydrogens is 266 g/mol. The quantitative estimate of drug-likeness (QED) is 0.710. The standard InChI is InChI=1S/C15H25N5O/c1-4-7-17-14-11-13(2)18-15(19-14)12-20(8-5-6-16)9-10-21-3/h11H,4-5,7-10,12H2,1-3H3,(H,17,18,19). The number of hydrogen-bond donors (Lipinski definition) is 1. The minimum Gasteiger partial charge on any atom is -0.383 e. The van der Waals surface area contributed by atoms with Crippen molar-refractivity contribution in [2.45, 2.75) is 33.2 Å². The highest BCUT2D eigenvalue weighted by Gasteiger charge is 2.09. The second kappa shape index (κ2) is 10.1. The number of aromatic nitrogens is 2. The number of nitrogens with zero attached hydrogens (tertiary/aromatic N) is 4. The van der Waals surface area contributed by atoms with Crippen molar-refractivity contribution in [1.29, 1.82) is 5.26 Å². The highest BCUT2D eigenvalue weighted by atomic mass is 16.5. The molecule has 0 aromatic carbocycles. The number of hydrogen-bond acceptors (Lipinski definition) is 6. The number of nitrogens with one attached hydrogen (secondary N) is 1. The van der Waals surface area contributed by atoms with Crippen molar-refractivity contribution in [3.8, 4) is 6.07 Å². The van der Waals surface area contributed by atoms with E-state index in [2.05, 4.69) is 33.2 Å². The highest BCUT2D eigenvalue weighted by molar-refractivity contribution is 5.35. The van der Waals surface area contributed by atoms with E-state index < -0.39 is 0 Å². The fourth-order valence-electron chi connectivity index (χ4n) is 1.94. The van der Waals surface area contributed by atoms with Crippen LogP contribution in [0.3, 0.4) is 0 Å². The summed E-state index contributed by atoms with van der Waals surface area (Å²) in [6, 6.07) is 4.13. The average Bonchev–Trinajstić information content (AvgIpc) is 2.47. The lowest BCUT2D eigenvalue weighted by atomic mass is 10.3. The van der Waals surface area contributed by atoms with Crippen LogP contribution in [0.4, 0.5) is 5.82 Å². The minimum atomic E-state index is 0.496. The molecule has 1 aromatic heterocycles. The van der Waals surface area contributed by atoms with E-state index in [0.29, 0.717) is 26.1 Å². The number of nitriles is 1. The van der Waals surface area contributed by atoms with Gasteiger partial charge in [0.25, 0.3) is 0 Å². The normalized spacial score (nSPS) is 10.6. The lowest BCUT2D eigenvalue weighted by molar-refractivity contribution is 0.144. The Morgan fingerprint density at radius 3 is 2.86 bits per heavy atom. The topological polar surface area (TPSA) is 74.1 Å². The molecule has 0 spiro atoms. The van der Waals surface area contributed by atoms with Crippen LogP contribution in [0, 0.1) is 18.3 Å². The Balaban J connectivity index is 2.71. The van der Waals surface area contributed by atoms with Gasteiger partial charge in [0, 0.05) is 44.9 Å². The average molecular weight is 291 g/mol. The number of anilines is 1. The maximum atomic E-state index is 8.74. The first-order valence-corrected chi connectivity index (χ1v) is 7.36. The molecule has 6 nitrogen and oxygen atoms in total. The molecule has 0 saturated heterocycles. The summed E-state index contributed by atoms with van der Waals surface area (Å²) in [4.78, 5) is 11.2. The van der Waals surface area contributed by atoms with Crippen LogP contribution in [0.2, 0.25) is 0 Å². The molecule has 0 amide bonds. The van der Waals surface area contributed by atoms with Crippen LogP contribution < -0.4 is 5.32 Å². The predicted molar refractivity (Wildman–Crippen MR) is 82.9 cm³/mol. The largest absolute Gasteiger partial charge is 0.383 e. The molecule has 0 atom stereocenters. The predicted octanol–water partition coefficient (Wildman–Crippen LogP) is 1.97. The van der Waals surface area contributed by atoms with Crippen molar-refractivity contribution >= 4 is 5.82 Å². The van der Waals surface area contributed by atoms with Gasteiger partial charge in [0.15, 0.2) is 0 Å². The van der Waals surface area contributed by atoms with Gasteiger partial charge in [-0.15, -0.1) is 0 Å². The van der Waals surface area contributed by atoms with Gasteiger partial charge in [0.1, 0.15) is 11.6 Å². The molecule has 0 aliphatic rings. The molecule has 1 aromatic rings. The number of rotatable bonds is 10. The van der Waals surface area contributed by atoms with Gasteiger partial charge in [-0.3, -0.25) is 4.90 Å². The van der Waals surface area contributed by atoms with E-state index in [4.69, 9.17) is 10.00 Å². The fourth-order valence-corrected chi connectivity index (χ4v) is 1.94. The first kappa shape index (κ1) is 17.3. The number of ether oxygens (including phenoxy) is 1. The summed E-state index contributed by atoms with van der Waals surface area (Å²) in [6.45, 7) is 7.74. The zero-order valence-electron chi connectivity index (χ0n) is 13.2. The Labute approximate surface area is 127 Å². The molecule has 1 rings (SSSR count). The fraction of sp³-hybridized carbons (Fsp3) is 0.667. The van der Waals surface area contributed by atoms with Crippen molar-refractivity contribution in [3.63, 3.8) is 0 Å². The third-order valence-corrected chi connectivity index (χ3v) is 2.97. The summed E-state index contributed by atoms with van der Waals surface area (Å²) in [5, 5.41) is 12.0. The van der Waals surface area contributed by atoms with Gasteiger partial charge in [0.2, 0.25) is 0 Å². The van der Waals surface area contributed by atoms with Crippen LogP contribution >= 0.6 is 0 Å². The van der Waals surface area contributed by atoms with Crippen molar-refractivity contribution in [2.24, 2.45) is 0 Å². The maximum Gasteiger partial charge on any atom is 0.144 e. The summed E-state index contributed by atoms with van der Waals surface area (Å²) < 4.78 is 5.11. The molecule has 0 bridgehead atoms. The first-order valence-electron chi connectivity index (χ1n) is 7.36. The van der Waals surface area contributed by atoms with Gasteiger partial charge >= 0.3 is 0 Å². The Kier molecular flexibility index (Phi) is 8.32. The van der Waals surface area contributed by atoms with Crippen LogP contribution in [-0.4, -0.2) is 48.2 Å². The van der Waals surface area contributed by atoms with Crippen molar-refractivity contribution in [1.82, 2.24) is 14.9 Å². The first-order chi connectivity index (χ1) is 10.2. The van der Waals surface area contributed by atoms with E-state index in [0.717, 1.165) is 36.8 Å². The number of aryl methyl sites for hydroxylation is 1. The van der Waals surface area contributed by atoms with E-state index in [1.165, 1.54) is 0 Å². The van der Waals surface area contributed by atoms with E-state index in [1.807, 2.05) is 13.0 Å². The zero-order chi connectivity index (χ0) is 15.5. The van der Waals surface area contributed by atoms with Gasteiger partial charge < -0.3 is 10.1 Å². The lowest BCUT2D eigenvalue weighted by Gasteiger charge is -2.20. The Bertz CT molecular complexity index is 458. The summed E-state index contributed by atoms with van der Waals surface area (Å²) in [6.07, 6.45) is 1.55. The second-order valence-electron chi connectivity index (χ2n) is 4.91. The van der Waals surface area contributed by atoms with Crippen molar-refractivity contribution in [2.75, 3.05) is 38.7 Å². The Morgan fingerprint density at radius 1 is 1.38 bits per heavy atom. The second-order valence-corrected chi connectivity index (χ2v) is 4.91. The molecule has 0 unspecified atom stereocenters. The highest BCUT2D eigenvalue weighted by Crippen LogP contribution is 2.08. The van der Waals surface area contributed by atoms with Crippen LogP contribution in [0.25, 0.3) is 0 Å². The van der Waals surface area contributed by atoms with Crippen LogP contribution in [-0.2, 0) is 11.3 Å².